The minimum absolute atomic E-state index is 0.122. The van der Waals surface area contributed by atoms with E-state index in [0.717, 1.165) is 86.0 Å². The van der Waals surface area contributed by atoms with E-state index < -0.39 is 0 Å². The van der Waals surface area contributed by atoms with Crippen LogP contribution < -0.4 is 16.0 Å². The molecule has 216 valence electrons. The third-order valence-electron chi connectivity index (χ3n) is 8.54. The predicted molar refractivity (Wildman–Crippen MR) is 168 cm³/mol. The van der Waals surface area contributed by atoms with E-state index in [2.05, 4.69) is 71.6 Å². The van der Waals surface area contributed by atoms with Crippen LogP contribution in [-0.2, 0) is 11.3 Å². The fourth-order valence-corrected chi connectivity index (χ4v) is 5.86. The number of hydrogen-bond donors (Lipinski definition) is 2. The number of rotatable bonds is 11. The van der Waals surface area contributed by atoms with Crippen molar-refractivity contribution in [1.29, 1.82) is 0 Å². The predicted octanol–water partition coefficient (Wildman–Crippen LogP) is 6.85. The molecule has 0 aromatic heterocycles. The zero-order valence-corrected chi connectivity index (χ0v) is 24.5. The van der Waals surface area contributed by atoms with Crippen LogP contribution in [-0.4, -0.2) is 42.4 Å². The standard InChI is InChI=1S/C35H44N4O2/c1-3-4-21-38(2)33-20-15-29(23-32(33)37-34(40)26-10-6-5-7-11-26)28-12-8-9-25(22-28)24-39(35(41)27-13-14-27)31-18-16-30(36)17-19-31/h5-12,15,20,22-23,27,30-31H,3-4,13-14,16-19,21,24,36H2,1-2H3,(H,37,40). The van der Waals surface area contributed by atoms with E-state index in [1.165, 1.54) is 0 Å². The smallest absolute Gasteiger partial charge is 0.255 e. The number of hydrogen-bond acceptors (Lipinski definition) is 4. The molecular formula is C35H44N4O2. The van der Waals surface area contributed by atoms with Crippen molar-refractivity contribution in [1.82, 2.24) is 4.90 Å². The Balaban J connectivity index is 1.41. The first-order chi connectivity index (χ1) is 19.9. The average Bonchev–Trinajstić information content (AvgIpc) is 3.85. The molecule has 0 saturated heterocycles. The fraction of sp³-hybridized carbons (Fsp3) is 0.429. The van der Waals surface area contributed by atoms with E-state index in [0.29, 0.717) is 18.0 Å². The molecule has 0 spiro atoms. The van der Waals surface area contributed by atoms with Gasteiger partial charge in [-0.25, -0.2) is 0 Å². The second-order valence-corrected chi connectivity index (χ2v) is 11.8. The van der Waals surface area contributed by atoms with Gasteiger partial charge in [-0.2, -0.15) is 0 Å². The summed E-state index contributed by atoms with van der Waals surface area (Å²) in [5, 5.41) is 3.18. The molecule has 3 aromatic rings. The van der Waals surface area contributed by atoms with Crippen molar-refractivity contribution < 1.29 is 9.59 Å². The molecule has 0 bridgehead atoms. The molecule has 2 saturated carbocycles. The number of benzene rings is 3. The maximum atomic E-state index is 13.3. The van der Waals surface area contributed by atoms with Gasteiger partial charge in [-0.1, -0.05) is 55.8 Å². The summed E-state index contributed by atoms with van der Waals surface area (Å²) in [6.07, 6.45) is 8.14. The van der Waals surface area contributed by atoms with Crippen LogP contribution in [0.2, 0.25) is 0 Å². The Morgan fingerprint density at radius 1 is 0.878 bits per heavy atom. The Labute approximate surface area is 244 Å². The number of carbonyl (C=O) groups excluding carboxylic acids is 2. The number of amides is 2. The zero-order valence-electron chi connectivity index (χ0n) is 24.5. The second kappa shape index (κ2) is 13.3. The molecule has 6 nitrogen and oxygen atoms in total. The Morgan fingerprint density at radius 2 is 1.61 bits per heavy atom. The molecule has 3 aromatic carbocycles. The monoisotopic (exact) mass is 552 g/mol. The lowest BCUT2D eigenvalue weighted by molar-refractivity contribution is -0.136. The van der Waals surface area contributed by atoms with Gasteiger partial charge in [-0.05, 0) is 92.0 Å². The Kier molecular flexibility index (Phi) is 9.40. The van der Waals surface area contributed by atoms with E-state index >= 15 is 0 Å². The minimum Gasteiger partial charge on any atom is -0.373 e. The topological polar surface area (TPSA) is 78.7 Å². The summed E-state index contributed by atoms with van der Waals surface area (Å²) in [4.78, 5) is 30.8. The van der Waals surface area contributed by atoms with Crippen molar-refractivity contribution in [3.63, 3.8) is 0 Å². The van der Waals surface area contributed by atoms with Gasteiger partial charge in [0, 0.05) is 43.7 Å². The first-order valence-electron chi connectivity index (χ1n) is 15.3. The van der Waals surface area contributed by atoms with Gasteiger partial charge < -0.3 is 20.9 Å². The second-order valence-electron chi connectivity index (χ2n) is 11.8. The molecule has 0 atom stereocenters. The summed E-state index contributed by atoms with van der Waals surface area (Å²) in [7, 11) is 2.08. The molecule has 2 amide bonds. The SMILES string of the molecule is CCCCN(C)c1ccc(-c2cccc(CN(C(=O)C3CC3)C3CCC(N)CC3)c2)cc1NC(=O)c1ccccc1. The number of nitrogens with zero attached hydrogens (tertiary/aromatic N) is 2. The van der Waals surface area contributed by atoms with Crippen molar-refractivity contribution in [2.75, 3.05) is 23.8 Å². The minimum atomic E-state index is -0.122. The van der Waals surface area contributed by atoms with E-state index in [4.69, 9.17) is 5.73 Å². The Morgan fingerprint density at radius 3 is 2.32 bits per heavy atom. The first-order valence-corrected chi connectivity index (χ1v) is 15.3. The lowest BCUT2D eigenvalue weighted by atomic mass is 9.90. The highest BCUT2D eigenvalue weighted by Crippen LogP contribution is 2.36. The fourth-order valence-electron chi connectivity index (χ4n) is 5.86. The number of carbonyl (C=O) groups is 2. The van der Waals surface area contributed by atoms with Crippen LogP contribution in [0, 0.1) is 5.92 Å². The first kappa shape index (κ1) is 28.9. The number of anilines is 2. The van der Waals surface area contributed by atoms with Crippen molar-refractivity contribution in [3.8, 4) is 11.1 Å². The van der Waals surface area contributed by atoms with Crippen LogP contribution in [0.5, 0.6) is 0 Å². The van der Waals surface area contributed by atoms with Crippen LogP contribution in [0.25, 0.3) is 11.1 Å². The highest BCUT2D eigenvalue weighted by atomic mass is 16.2. The van der Waals surface area contributed by atoms with Gasteiger partial charge in [0.15, 0.2) is 0 Å². The summed E-state index contributed by atoms with van der Waals surface area (Å²) in [5.74, 6) is 0.381. The average molecular weight is 553 g/mol. The normalized spacial score (nSPS) is 18.5. The maximum Gasteiger partial charge on any atom is 0.255 e. The lowest BCUT2D eigenvalue weighted by Gasteiger charge is -2.36. The van der Waals surface area contributed by atoms with Crippen molar-refractivity contribution in [2.45, 2.75) is 76.9 Å². The van der Waals surface area contributed by atoms with Crippen LogP contribution in [0.1, 0.15) is 74.2 Å². The van der Waals surface area contributed by atoms with E-state index in [-0.39, 0.29) is 23.9 Å². The van der Waals surface area contributed by atoms with Crippen LogP contribution in [0.15, 0.2) is 72.8 Å². The molecule has 2 fully saturated rings. The summed E-state index contributed by atoms with van der Waals surface area (Å²) in [5.41, 5.74) is 11.8. The third kappa shape index (κ3) is 7.36. The summed E-state index contributed by atoms with van der Waals surface area (Å²) in [6.45, 7) is 3.72. The number of nitrogens with two attached hydrogens (primary N) is 1. The van der Waals surface area contributed by atoms with Crippen LogP contribution in [0.3, 0.4) is 0 Å². The van der Waals surface area contributed by atoms with Gasteiger partial charge >= 0.3 is 0 Å². The summed E-state index contributed by atoms with van der Waals surface area (Å²) < 4.78 is 0. The van der Waals surface area contributed by atoms with Gasteiger partial charge in [0.1, 0.15) is 0 Å². The molecule has 0 heterocycles. The number of nitrogens with one attached hydrogen (secondary N) is 1. The summed E-state index contributed by atoms with van der Waals surface area (Å²) in [6, 6.07) is 24.7. The quantitative estimate of drug-likeness (QED) is 0.273. The molecule has 41 heavy (non-hydrogen) atoms. The van der Waals surface area contributed by atoms with E-state index in [1.807, 2.05) is 30.3 Å². The lowest BCUT2D eigenvalue weighted by Crippen LogP contribution is -2.44. The van der Waals surface area contributed by atoms with Gasteiger partial charge in [0.2, 0.25) is 5.91 Å². The molecule has 0 aliphatic heterocycles. The molecule has 2 aliphatic carbocycles. The van der Waals surface area contributed by atoms with Gasteiger partial charge in [-0.15, -0.1) is 0 Å². The highest BCUT2D eigenvalue weighted by Gasteiger charge is 2.37. The van der Waals surface area contributed by atoms with Crippen molar-refractivity contribution >= 4 is 23.2 Å². The van der Waals surface area contributed by atoms with Crippen LogP contribution in [0.4, 0.5) is 11.4 Å². The molecule has 6 heteroatoms. The third-order valence-corrected chi connectivity index (χ3v) is 8.54. The number of unbranched alkanes of at least 4 members (excludes halogenated alkanes) is 1. The molecule has 0 radical (unpaired) electrons. The van der Waals surface area contributed by atoms with Gasteiger partial charge in [-0.3, -0.25) is 9.59 Å². The van der Waals surface area contributed by atoms with Gasteiger partial charge in [0.05, 0.1) is 11.4 Å². The molecule has 5 rings (SSSR count). The Bertz CT molecular complexity index is 1330. The molecule has 0 unspecified atom stereocenters. The summed E-state index contributed by atoms with van der Waals surface area (Å²) >= 11 is 0. The Hall–Kier alpha value is -3.64. The van der Waals surface area contributed by atoms with E-state index in [9.17, 15) is 9.59 Å². The van der Waals surface area contributed by atoms with E-state index in [1.54, 1.807) is 0 Å². The maximum absolute atomic E-state index is 13.3. The zero-order chi connectivity index (χ0) is 28.8. The van der Waals surface area contributed by atoms with Crippen molar-refractivity contribution in [2.24, 2.45) is 11.7 Å². The molecule has 3 N–H and O–H groups in total. The molecule has 2 aliphatic rings. The van der Waals surface area contributed by atoms with Crippen molar-refractivity contribution in [3.05, 3.63) is 83.9 Å². The molecular weight excluding hydrogens is 508 g/mol. The largest absolute Gasteiger partial charge is 0.373 e. The van der Waals surface area contributed by atoms with Crippen LogP contribution >= 0.6 is 0 Å². The van der Waals surface area contributed by atoms with Gasteiger partial charge in [0.25, 0.3) is 5.91 Å². The highest BCUT2D eigenvalue weighted by molar-refractivity contribution is 6.06.